The zero-order valence-corrected chi connectivity index (χ0v) is 20.2. The summed E-state index contributed by atoms with van der Waals surface area (Å²) in [7, 11) is 1.37. The fourth-order valence-corrected chi connectivity index (χ4v) is 4.21. The second-order valence-corrected chi connectivity index (χ2v) is 8.51. The van der Waals surface area contributed by atoms with Crippen molar-refractivity contribution in [1.29, 1.82) is 0 Å². The molecular formula is C25H22BrN3O4. The smallest absolute Gasteiger partial charge is 0.338 e. The summed E-state index contributed by atoms with van der Waals surface area (Å²) in [6.07, 6.45) is 1.59. The van der Waals surface area contributed by atoms with Crippen LogP contribution in [0.5, 0.6) is 0 Å². The highest BCUT2D eigenvalue weighted by molar-refractivity contribution is 9.10. The van der Waals surface area contributed by atoms with Crippen molar-refractivity contribution in [2.24, 2.45) is 5.10 Å². The predicted octanol–water partition coefficient (Wildman–Crippen LogP) is 5.46. The number of hydrazone groups is 1. The molecule has 0 spiro atoms. The Balaban J connectivity index is 1.57. The predicted molar refractivity (Wildman–Crippen MR) is 130 cm³/mol. The highest BCUT2D eigenvalue weighted by Gasteiger charge is 2.17. The first-order valence-electron chi connectivity index (χ1n) is 10.2. The number of methoxy groups -OCH3 is 1. The summed E-state index contributed by atoms with van der Waals surface area (Å²) in [6.45, 7) is 5.82. The van der Waals surface area contributed by atoms with Gasteiger partial charge in [0.25, 0.3) is 0 Å². The molecule has 0 aliphatic carbocycles. The van der Waals surface area contributed by atoms with Gasteiger partial charge in [0.2, 0.25) is 0 Å². The normalized spacial score (nSPS) is 11.3. The van der Waals surface area contributed by atoms with Crippen molar-refractivity contribution in [1.82, 2.24) is 9.99 Å². The van der Waals surface area contributed by atoms with Gasteiger partial charge < -0.3 is 13.7 Å². The van der Waals surface area contributed by atoms with Gasteiger partial charge in [-0.2, -0.15) is 5.10 Å². The van der Waals surface area contributed by atoms with E-state index in [1.807, 2.05) is 55.7 Å². The molecule has 33 heavy (non-hydrogen) atoms. The van der Waals surface area contributed by atoms with E-state index in [0.717, 1.165) is 38.1 Å². The second-order valence-electron chi connectivity index (χ2n) is 7.60. The second kappa shape index (κ2) is 9.07. The number of hydrogen-bond donors (Lipinski definition) is 1. The molecule has 7 nitrogen and oxygen atoms in total. The topological polar surface area (TPSA) is 85.8 Å². The zero-order chi connectivity index (χ0) is 23.7. The summed E-state index contributed by atoms with van der Waals surface area (Å²) in [6, 6.07) is 14.7. The molecule has 1 N–H and O–H groups in total. The van der Waals surface area contributed by atoms with E-state index >= 15 is 0 Å². The zero-order valence-electron chi connectivity index (χ0n) is 18.6. The molecule has 2 aromatic heterocycles. The van der Waals surface area contributed by atoms with Gasteiger partial charge in [0.1, 0.15) is 5.58 Å². The highest BCUT2D eigenvalue weighted by atomic mass is 79.9. The third kappa shape index (κ3) is 4.34. The van der Waals surface area contributed by atoms with Crippen molar-refractivity contribution in [3.8, 4) is 5.69 Å². The Morgan fingerprint density at radius 1 is 1.12 bits per heavy atom. The molecule has 0 radical (unpaired) electrons. The number of aromatic nitrogens is 1. The lowest BCUT2D eigenvalue weighted by Gasteiger charge is -2.15. The van der Waals surface area contributed by atoms with Crippen LogP contribution in [0.15, 0.2) is 62.5 Å². The molecule has 0 bridgehead atoms. The number of amides is 1. The molecule has 0 atom stereocenters. The van der Waals surface area contributed by atoms with E-state index in [1.165, 1.54) is 7.11 Å². The Morgan fingerprint density at radius 2 is 1.91 bits per heavy atom. The van der Waals surface area contributed by atoms with Crippen molar-refractivity contribution in [2.45, 2.75) is 20.8 Å². The van der Waals surface area contributed by atoms with Gasteiger partial charge in [-0.3, -0.25) is 4.79 Å². The van der Waals surface area contributed by atoms with Crippen LogP contribution in [0.2, 0.25) is 0 Å². The number of hydrogen-bond acceptors (Lipinski definition) is 5. The first-order valence-corrected chi connectivity index (χ1v) is 11.0. The number of furan rings is 1. The third-order valence-electron chi connectivity index (χ3n) is 5.49. The van der Waals surface area contributed by atoms with Crippen molar-refractivity contribution >= 4 is 45.0 Å². The summed E-state index contributed by atoms with van der Waals surface area (Å²) < 4.78 is 13.4. The Hall–Kier alpha value is -3.65. The maximum Gasteiger partial charge on any atom is 0.338 e. The Kier molecular flexibility index (Phi) is 6.20. The van der Waals surface area contributed by atoms with Crippen LogP contribution in [0.3, 0.4) is 0 Å². The van der Waals surface area contributed by atoms with E-state index in [9.17, 15) is 9.59 Å². The van der Waals surface area contributed by atoms with E-state index in [-0.39, 0.29) is 11.7 Å². The summed E-state index contributed by atoms with van der Waals surface area (Å²) in [5.74, 6) is -0.630. The van der Waals surface area contributed by atoms with Crippen LogP contribution < -0.4 is 5.43 Å². The average molecular weight is 508 g/mol. The number of carbonyl (C=O) groups is 2. The lowest BCUT2D eigenvalue weighted by Crippen LogP contribution is -2.16. The van der Waals surface area contributed by atoms with Gasteiger partial charge in [0, 0.05) is 32.5 Å². The molecule has 0 aliphatic heterocycles. The van der Waals surface area contributed by atoms with Gasteiger partial charge in [-0.15, -0.1) is 0 Å². The van der Waals surface area contributed by atoms with Crippen molar-refractivity contribution < 1.29 is 18.7 Å². The molecule has 4 aromatic rings. The van der Waals surface area contributed by atoms with Crippen LogP contribution in [-0.2, 0) is 4.74 Å². The molecular weight excluding hydrogens is 486 g/mol. The van der Waals surface area contributed by atoms with E-state index < -0.39 is 5.91 Å². The van der Waals surface area contributed by atoms with E-state index in [0.29, 0.717) is 11.1 Å². The van der Waals surface area contributed by atoms with Crippen molar-refractivity contribution in [3.63, 3.8) is 0 Å². The molecule has 0 aliphatic rings. The average Bonchev–Trinajstić information content (AvgIpc) is 3.33. The molecule has 0 fully saturated rings. The van der Waals surface area contributed by atoms with E-state index in [2.05, 4.69) is 26.5 Å². The quantitative estimate of drug-likeness (QED) is 0.220. The minimum Gasteiger partial charge on any atom is -0.465 e. The standard InChI is InChI=1S/C25H22BrN3O4/c1-14-10-18(16(3)29(14)21-7-5-6-20(15(21)2)25(31)32-4)13-27-28-24(30)23-12-17-11-19(26)8-9-22(17)33-23/h5-13H,1-4H3,(H,28,30)/b27-13+. The number of nitrogens with zero attached hydrogens (tertiary/aromatic N) is 2. The maximum atomic E-state index is 12.5. The molecule has 0 saturated heterocycles. The summed E-state index contributed by atoms with van der Waals surface area (Å²) in [5.41, 5.74) is 8.08. The van der Waals surface area contributed by atoms with Crippen LogP contribution >= 0.6 is 15.9 Å². The SMILES string of the molecule is COC(=O)c1cccc(-n2c(C)cc(/C=N/NC(=O)c3cc4cc(Br)ccc4o3)c2C)c1C. The fraction of sp³-hybridized carbons (Fsp3) is 0.160. The number of aryl methyl sites for hydroxylation is 1. The van der Waals surface area contributed by atoms with Crippen LogP contribution in [0.25, 0.3) is 16.7 Å². The molecule has 1 amide bonds. The van der Waals surface area contributed by atoms with Gasteiger partial charge in [-0.05, 0) is 68.8 Å². The first kappa shape index (κ1) is 22.5. The number of carbonyl (C=O) groups excluding carboxylic acids is 2. The van der Waals surface area contributed by atoms with Gasteiger partial charge >= 0.3 is 11.9 Å². The molecule has 2 heterocycles. The number of benzene rings is 2. The number of halogens is 1. The number of fused-ring (bicyclic) bond motifs is 1. The molecule has 0 saturated carbocycles. The summed E-state index contributed by atoms with van der Waals surface area (Å²) >= 11 is 3.41. The number of esters is 1. The van der Waals surface area contributed by atoms with Crippen molar-refractivity contribution in [2.75, 3.05) is 7.11 Å². The molecule has 2 aromatic carbocycles. The minimum absolute atomic E-state index is 0.181. The van der Waals surface area contributed by atoms with E-state index in [4.69, 9.17) is 9.15 Å². The van der Waals surface area contributed by atoms with Crippen LogP contribution in [0, 0.1) is 20.8 Å². The van der Waals surface area contributed by atoms with Crippen molar-refractivity contribution in [3.05, 3.63) is 86.8 Å². The number of rotatable bonds is 5. The van der Waals surface area contributed by atoms with Crippen LogP contribution in [-0.4, -0.2) is 29.8 Å². The maximum absolute atomic E-state index is 12.5. The van der Waals surface area contributed by atoms with Gasteiger partial charge in [-0.25, -0.2) is 10.2 Å². The molecule has 0 unspecified atom stereocenters. The third-order valence-corrected chi connectivity index (χ3v) is 5.99. The first-order chi connectivity index (χ1) is 15.8. The molecule has 168 valence electrons. The lowest BCUT2D eigenvalue weighted by atomic mass is 10.1. The fourth-order valence-electron chi connectivity index (χ4n) is 3.83. The lowest BCUT2D eigenvalue weighted by molar-refractivity contribution is 0.0599. The highest BCUT2D eigenvalue weighted by Crippen LogP contribution is 2.25. The Bertz CT molecular complexity index is 1410. The minimum atomic E-state index is -0.436. The van der Waals surface area contributed by atoms with E-state index in [1.54, 1.807) is 24.4 Å². The summed E-state index contributed by atoms with van der Waals surface area (Å²) in [5, 5.41) is 4.94. The summed E-state index contributed by atoms with van der Waals surface area (Å²) in [4.78, 5) is 24.5. The molecule has 4 rings (SSSR count). The molecule has 8 heteroatoms. The van der Waals surface area contributed by atoms with Gasteiger partial charge in [0.15, 0.2) is 5.76 Å². The Morgan fingerprint density at radius 3 is 2.67 bits per heavy atom. The number of ether oxygens (including phenoxy) is 1. The largest absolute Gasteiger partial charge is 0.465 e. The van der Waals surface area contributed by atoms with Gasteiger partial charge in [0.05, 0.1) is 18.9 Å². The van der Waals surface area contributed by atoms with Gasteiger partial charge in [-0.1, -0.05) is 22.0 Å². The van der Waals surface area contributed by atoms with Crippen LogP contribution in [0.1, 0.15) is 43.4 Å². The monoisotopic (exact) mass is 507 g/mol. The Labute approximate surface area is 199 Å². The van der Waals surface area contributed by atoms with Crippen LogP contribution in [0.4, 0.5) is 0 Å². The number of nitrogens with one attached hydrogen (secondary N) is 1.